The van der Waals surface area contributed by atoms with Gasteiger partial charge in [0.2, 0.25) is 5.91 Å². The van der Waals surface area contributed by atoms with Crippen molar-refractivity contribution in [3.05, 3.63) is 75.8 Å². The molecule has 0 saturated heterocycles. The fourth-order valence-corrected chi connectivity index (χ4v) is 1.97. The molecule has 0 aliphatic carbocycles. The van der Waals surface area contributed by atoms with Crippen LogP contribution in [0.3, 0.4) is 0 Å². The number of carbonyl (C=O) groups excluding carboxylic acids is 1. The molecule has 0 aliphatic rings. The number of anilines is 1. The summed E-state index contributed by atoms with van der Waals surface area (Å²) in [6.45, 7) is 2.04. The van der Waals surface area contributed by atoms with Crippen molar-refractivity contribution < 1.29 is 9.72 Å². The lowest BCUT2D eigenvalue weighted by atomic mass is 10.1. The largest absolute Gasteiger partial charge is 0.323 e. The van der Waals surface area contributed by atoms with Gasteiger partial charge in [-0.3, -0.25) is 14.9 Å². The Labute approximate surface area is 128 Å². The Balaban J connectivity index is 2.05. The molecule has 0 unspecified atom stereocenters. The summed E-state index contributed by atoms with van der Waals surface area (Å²) in [5.41, 5.74) is 2.47. The van der Waals surface area contributed by atoms with Crippen LogP contribution in [0.5, 0.6) is 0 Å². The summed E-state index contributed by atoms with van der Waals surface area (Å²) in [5.74, 6) is -0.278. The molecule has 5 heteroatoms. The van der Waals surface area contributed by atoms with Crippen molar-refractivity contribution in [2.24, 2.45) is 0 Å². The zero-order valence-electron chi connectivity index (χ0n) is 12.2. The molecule has 2 rings (SSSR count). The van der Waals surface area contributed by atoms with Gasteiger partial charge in [-0.15, -0.1) is 0 Å². The first kappa shape index (κ1) is 15.4. The molecule has 0 fully saturated rings. The average molecular weight is 296 g/mol. The fraction of sp³-hybridized carbons (Fsp3) is 0.118. The molecule has 0 aromatic heterocycles. The SMILES string of the molecule is CCc1cccc(NC(=O)C=Cc2cccc([N+](=O)[O-])c2)c1. The van der Waals surface area contributed by atoms with E-state index in [4.69, 9.17) is 0 Å². The maximum atomic E-state index is 11.9. The molecule has 0 spiro atoms. The third kappa shape index (κ3) is 4.28. The number of rotatable bonds is 5. The smallest absolute Gasteiger partial charge is 0.270 e. The van der Waals surface area contributed by atoms with E-state index in [1.807, 2.05) is 31.2 Å². The summed E-state index contributed by atoms with van der Waals surface area (Å²) < 4.78 is 0. The first-order valence-corrected chi connectivity index (χ1v) is 6.91. The van der Waals surface area contributed by atoms with Gasteiger partial charge in [0, 0.05) is 23.9 Å². The van der Waals surface area contributed by atoms with Crippen LogP contribution in [-0.2, 0) is 11.2 Å². The maximum Gasteiger partial charge on any atom is 0.270 e. The van der Waals surface area contributed by atoms with E-state index in [9.17, 15) is 14.9 Å². The normalized spacial score (nSPS) is 10.6. The van der Waals surface area contributed by atoms with Gasteiger partial charge < -0.3 is 5.32 Å². The number of nitrogens with zero attached hydrogens (tertiary/aromatic N) is 1. The predicted octanol–water partition coefficient (Wildman–Crippen LogP) is 3.81. The first-order chi connectivity index (χ1) is 10.6. The molecule has 5 nitrogen and oxygen atoms in total. The van der Waals surface area contributed by atoms with E-state index in [1.165, 1.54) is 18.2 Å². The van der Waals surface area contributed by atoms with Crippen LogP contribution in [0.25, 0.3) is 6.08 Å². The van der Waals surface area contributed by atoms with Crippen LogP contribution < -0.4 is 5.32 Å². The van der Waals surface area contributed by atoms with Crippen LogP contribution >= 0.6 is 0 Å². The number of hydrogen-bond donors (Lipinski definition) is 1. The van der Waals surface area contributed by atoms with E-state index in [2.05, 4.69) is 5.32 Å². The van der Waals surface area contributed by atoms with E-state index >= 15 is 0 Å². The molecule has 0 radical (unpaired) electrons. The van der Waals surface area contributed by atoms with Gasteiger partial charge in [0.15, 0.2) is 0 Å². The molecular weight excluding hydrogens is 280 g/mol. The molecule has 1 amide bonds. The lowest BCUT2D eigenvalue weighted by molar-refractivity contribution is -0.384. The van der Waals surface area contributed by atoms with Crippen molar-refractivity contribution in [1.29, 1.82) is 0 Å². The monoisotopic (exact) mass is 296 g/mol. The molecule has 1 N–H and O–H groups in total. The Morgan fingerprint density at radius 1 is 1.23 bits per heavy atom. The van der Waals surface area contributed by atoms with Gasteiger partial charge in [-0.1, -0.05) is 31.2 Å². The molecule has 0 bridgehead atoms. The Bertz CT molecular complexity index is 723. The van der Waals surface area contributed by atoms with Crippen molar-refractivity contribution in [2.45, 2.75) is 13.3 Å². The average Bonchev–Trinajstić information content (AvgIpc) is 2.53. The fourth-order valence-electron chi connectivity index (χ4n) is 1.97. The first-order valence-electron chi connectivity index (χ1n) is 6.91. The number of aryl methyl sites for hydroxylation is 1. The molecule has 2 aromatic rings. The second-order valence-corrected chi connectivity index (χ2v) is 4.73. The van der Waals surface area contributed by atoms with Gasteiger partial charge in [0.25, 0.3) is 5.69 Å². The Morgan fingerprint density at radius 2 is 2.00 bits per heavy atom. The highest BCUT2D eigenvalue weighted by atomic mass is 16.6. The zero-order valence-corrected chi connectivity index (χ0v) is 12.2. The third-order valence-corrected chi connectivity index (χ3v) is 3.11. The lowest BCUT2D eigenvalue weighted by Crippen LogP contribution is -2.07. The van der Waals surface area contributed by atoms with Gasteiger partial charge in [-0.25, -0.2) is 0 Å². The molecule has 0 saturated carbocycles. The highest BCUT2D eigenvalue weighted by Gasteiger charge is 2.04. The van der Waals surface area contributed by atoms with Crippen LogP contribution in [-0.4, -0.2) is 10.8 Å². The molecular formula is C17H16N2O3. The highest BCUT2D eigenvalue weighted by Crippen LogP contribution is 2.15. The molecule has 2 aromatic carbocycles. The minimum atomic E-state index is -0.465. The van der Waals surface area contributed by atoms with Crippen LogP contribution in [0.15, 0.2) is 54.6 Å². The van der Waals surface area contributed by atoms with Crippen molar-refractivity contribution in [2.75, 3.05) is 5.32 Å². The number of nitrogens with one attached hydrogen (secondary N) is 1. The van der Waals surface area contributed by atoms with Crippen molar-refractivity contribution in [3.63, 3.8) is 0 Å². The van der Waals surface area contributed by atoms with Gasteiger partial charge in [-0.2, -0.15) is 0 Å². The summed E-state index contributed by atoms with van der Waals surface area (Å²) in [7, 11) is 0. The van der Waals surface area contributed by atoms with Gasteiger partial charge in [-0.05, 0) is 35.8 Å². The molecule has 112 valence electrons. The Kier molecular flexibility index (Phi) is 5.03. The van der Waals surface area contributed by atoms with Crippen LogP contribution in [0.4, 0.5) is 11.4 Å². The summed E-state index contributed by atoms with van der Waals surface area (Å²) in [6, 6.07) is 13.7. The molecule has 0 heterocycles. The summed E-state index contributed by atoms with van der Waals surface area (Å²) in [4.78, 5) is 22.1. The van der Waals surface area contributed by atoms with E-state index in [1.54, 1.807) is 18.2 Å². The number of nitro benzene ring substituents is 1. The standard InChI is InChI=1S/C17H16N2O3/c1-2-13-5-3-7-15(11-13)18-17(20)10-9-14-6-4-8-16(12-14)19(21)22/h3-12H,2H2,1H3,(H,18,20). The van der Waals surface area contributed by atoms with Gasteiger partial charge in [0.1, 0.15) is 0 Å². The quantitative estimate of drug-likeness (QED) is 0.518. The summed E-state index contributed by atoms with van der Waals surface area (Å²) in [6.07, 6.45) is 3.80. The third-order valence-electron chi connectivity index (χ3n) is 3.11. The minimum absolute atomic E-state index is 0.00166. The number of amides is 1. The topological polar surface area (TPSA) is 72.2 Å². The number of hydrogen-bond acceptors (Lipinski definition) is 3. The van der Waals surface area contributed by atoms with Crippen LogP contribution in [0, 0.1) is 10.1 Å². The Morgan fingerprint density at radius 3 is 2.73 bits per heavy atom. The van der Waals surface area contributed by atoms with E-state index < -0.39 is 4.92 Å². The summed E-state index contributed by atoms with van der Waals surface area (Å²) in [5, 5.41) is 13.5. The van der Waals surface area contributed by atoms with Gasteiger partial charge >= 0.3 is 0 Å². The van der Waals surface area contributed by atoms with Crippen molar-refractivity contribution in [3.8, 4) is 0 Å². The number of nitro groups is 1. The van der Waals surface area contributed by atoms with E-state index in [0.717, 1.165) is 17.7 Å². The number of benzene rings is 2. The zero-order chi connectivity index (χ0) is 15.9. The second kappa shape index (κ2) is 7.17. The highest BCUT2D eigenvalue weighted by molar-refractivity contribution is 6.01. The van der Waals surface area contributed by atoms with E-state index in [0.29, 0.717) is 5.56 Å². The van der Waals surface area contributed by atoms with E-state index in [-0.39, 0.29) is 11.6 Å². The Hall–Kier alpha value is -2.95. The number of non-ortho nitro benzene ring substituents is 1. The molecule has 0 atom stereocenters. The summed E-state index contributed by atoms with van der Waals surface area (Å²) >= 11 is 0. The maximum absolute atomic E-state index is 11.9. The second-order valence-electron chi connectivity index (χ2n) is 4.73. The van der Waals surface area contributed by atoms with Gasteiger partial charge in [0.05, 0.1) is 4.92 Å². The molecule has 0 aliphatic heterocycles. The lowest BCUT2D eigenvalue weighted by Gasteiger charge is -2.04. The van der Waals surface area contributed by atoms with Crippen molar-refractivity contribution in [1.82, 2.24) is 0 Å². The van der Waals surface area contributed by atoms with Crippen LogP contribution in [0.2, 0.25) is 0 Å². The number of carbonyl (C=O) groups is 1. The predicted molar refractivity (Wildman–Crippen MR) is 86.6 cm³/mol. The minimum Gasteiger partial charge on any atom is -0.323 e. The van der Waals surface area contributed by atoms with Crippen LogP contribution in [0.1, 0.15) is 18.1 Å². The van der Waals surface area contributed by atoms with Crippen molar-refractivity contribution >= 4 is 23.4 Å². The molecule has 22 heavy (non-hydrogen) atoms.